The monoisotopic (exact) mass is 288 g/mol. The molecule has 0 unspecified atom stereocenters. The summed E-state index contributed by atoms with van der Waals surface area (Å²) < 4.78 is 0. The van der Waals surface area contributed by atoms with Gasteiger partial charge in [-0.05, 0) is 61.8 Å². The molecular weight excluding hydrogens is 268 g/mol. The largest absolute Gasteiger partial charge is 0.388 e. The number of aliphatic hydroxyl groups is 1. The smallest absolute Gasteiger partial charge is 0.313 e. The maximum absolute atomic E-state index is 11.8. The van der Waals surface area contributed by atoms with Gasteiger partial charge in [0, 0.05) is 12.2 Å². The lowest BCUT2D eigenvalue weighted by Gasteiger charge is -2.36. The molecule has 112 valence electrons. The Bertz CT molecular complexity index is 579. The van der Waals surface area contributed by atoms with E-state index in [0.29, 0.717) is 18.5 Å². The first-order chi connectivity index (χ1) is 10.1. The van der Waals surface area contributed by atoms with Crippen molar-refractivity contribution in [1.29, 1.82) is 0 Å². The van der Waals surface area contributed by atoms with Crippen molar-refractivity contribution in [3.8, 4) is 0 Å². The summed E-state index contributed by atoms with van der Waals surface area (Å²) in [6.45, 7) is 0.142. The van der Waals surface area contributed by atoms with Gasteiger partial charge in [0.25, 0.3) is 0 Å². The van der Waals surface area contributed by atoms with E-state index in [4.69, 9.17) is 0 Å². The third kappa shape index (κ3) is 3.08. The molecule has 2 aliphatic carbocycles. The van der Waals surface area contributed by atoms with Crippen LogP contribution in [0, 0.1) is 0 Å². The molecule has 3 rings (SSSR count). The van der Waals surface area contributed by atoms with Crippen molar-refractivity contribution in [2.75, 3.05) is 11.9 Å². The Morgan fingerprint density at radius 1 is 1.10 bits per heavy atom. The van der Waals surface area contributed by atoms with E-state index in [-0.39, 0.29) is 6.54 Å². The number of carbonyl (C=O) groups excluding carboxylic acids is 2. The molecule has 1 fully saturated rings. The fraction of sp³-hybridized carbons (Fsp3) is 0.500. The molecule has 0 saturated heterocycles. The van der Waals surface area contributed by atoms with Crippen LogP contribution in [0.15, 0.2) is 18.2 Å². The van der Waals surface area contributed by atoms with Crippen molar-refractivity contribution in [2.24, 2.45) is 0 Å². The number of carbonyl (C=O) groups is 2. The highest BCUT2D eigenvalue weighted by Crippen LogP contribution is 2.30. The zero-order valence-corrected chi connectivity index (χ0v) is 11.9. The van der Waals surface area contributed by atoms with Gasteiger partial charge in [0.05, 0.1) is 5.60 Å². The number of fused-ring (bicyclic) bond motifs is 1. The first-order valence-corrected chi connectivity index (χ1v) is 7.49. The van der Waals surface area contributed by atoms with Gasteiger partial charge in [-0.2, -0.15) is 0 Å². The Kier molecular flexibility index (Phi) is 3.68. The van der Waals surface area contributed by atoms with Crippen LogP contribution >= 0.6 is 0 Å². The molecule has 0 aromatic heterocycles. The van der Waals surface area contributed by atoms with Gasteiger partial charge >= 0.3 is 11.8 Å². The van der Waals surface area contributed by atoms with E-state index in [1.165, 1.54) is 11.1 Å². The number of hydrogen-bond donors (Lipinski definition) is 3. The molecular formula is C16H20N2O3. The molecule has 0 bridgehead atoms. The van der Waals surface area contributed by atoms with Crippen molar-refractivity contribution in [3.63, 3.8) is 0 Å². The van der Waals surface area contributed by atoms with E-state index >= 15 is 0 Å². The molecule has 2 amide bonds. The van der Waals surface area contributed by atoms with Crippen LogP contribution in [-0.4, -0.2) is 29.1 Å². The first kappa shape index (κ1) is 14.1. The highest BCUT2D eigenvalue weighted by atomic mass is 16.3. The normalized spacial score (nSPS) is 18.5. The first-order valence-electron chi connectivity index (χ1n) is 7.49. The Morgan fingerprint density at radius 3 is 2.57 bits per heavy atom. The predicted octanol–water partition coefficient (Wildman–Crippen LogP) is 1.14. The third-order valence-corrected chi connectivity index (χ3v) is 4.42. The quantitative estimate of drug-likeness (QED) is 0.730. The summed E-state index contributed by atoms with van der Waals surface area (Å²) in [6, 6.07) is 5.77. The topological polar surface area (TPSA) is 78.4 Å². The summed E-state index contributed by atoms with van der Waals surface area (Å²) in [5.41, 5.74) is 2.41. The maximum atomic E-state index is 11.8. The van der Waals surface area contributed by atoms with Crippen LogP contribution in [0.25, 0.3) is 0 Å². The van der Waals surface area contributed by atoms with E-state index in [2.05, 4.69) is 10.6 Å². The van der Waals surface area contributed by atoms with Crippen molar-refractivity contribution in [3.05, 3.63) is 29.3 Å². The van der Waals surface area contributed by atoms with E-state index < -0.39 is 17.4 Å². The van der Waals surface area contributed by atoms with Crippen LogP contribution in [0.1, 0.15) is 36.8 Å². The molecule has 0 heterocycles. The average Bonchev–Trinajstić information content (AvgIpc) is 2.90. The summed E-state index contributed by atoms with van der Waals surface area (Å²) in [5, 5.41) is 15.0. The van der Waals surface area contributed by atoms with E-state index in [1.54, 1.807) is 0 Å². The predicted molar refractivity (Wildman–Crippen MR) is 78.9 cm³/mol. The van der Waals surface area contributed by atoms with Gasteiger partial charge in [-0.1, -0.05) is 6.07 Å². The number of aryl methyl sites for hydroxylation is 2. The van der Waals surface area contributed by atoms with Crippen molar-refractivity contribution < 1.29 is 14.7 Å². The van der Waals surface area contributed by atoms with Crippen LogP contribution < -0.4 is 10.6 Å². The van der Waals surface area contributed by atoms with Crippen molar-refractivity contribution in [1.82, 2.24) is 5.32 Å². The second-order valence-corrected chi connectivity index (χ2v) is 6.05. The highest BCUT2D eigenvalue weighted by Gasteiger charge is 2.35. The fourth-order valence-corrected chi connectivity index (χ4v) is 2.92. The second-order valence-electron chi connectivity index (χ2n) is 6.05. The summed E-state index contributed by atoms with van der Waals surface area (Å²) in [7, 11) is 0. The molecule has 1 aromatic carbocycles. The molecule has 5 heteroatoms. The van der Waals surface area contributed by atoms with Gasteiger partial charge in [-0.15, -0.1) is 0 Å². The standard InChI is InChI=1S/C16H20N2O3/c19-14(17-10-16(21)7-2-8-16)15(20)18-13-6-5-11-3-1-4-12(11)9-13/h5-6,9,21H,1-4,7-8,10H2,(H,17,19)(H,18,20). The van der Waals surface area contributed by atoms with Gasteiger partial charge in [-0.25, -0.2) is 0 Å². The van der Waals surface area contributed by atoms with E-state index in [9.17, 15) is 14.7 Å². The Hall–Kier alpha value is -1.88. The SMILES string of the molecule is O=C(NCC1(O)CCC1)C(=O)Nc1ccc2c(c1)CCC2. The lowest BCUT2D eigenvalue weighted by atomic mass is 9.80. The molecule has 2 aliphatic rings. The van der Waals surface area contributed by atoms with Gasteiger partial charge < -0.3 is 15.7 Å². The van der Waals surface area contributed by atoms with Gasteiger partial charge in [-0.3, -0.25) is 9.59 Å². The summed E-state index contributed by atoms with van der Waals surface area (Å²) in [6.07, 6.45) is 5.58. The summed E-state index contributed by atoms with van der Waals surface area (Å²) >= 11 is 0. The third-order valence-electron chi connectivity index (χ3n) is 4.42. The minimum Gasteiger partial charge on any atom is -0.388 e. The second kappa shape index (κ2) is 5.48. The van der Waals surface area contributed by atoms with E-state index in [0.717, 1.165) is 25.7 Å². The highest BCUT2D eigenvalue weighted by molar-refractivity contribution is 6.39. The van der Waals surface area contributed by atoms with Crippen LogP contribution in [0.2, 0.25) is 0 Å². The molecule has 3 N–H and O–H groups in total. The van der Waals surface area contributed by atoms with Crippen LogP contribution in [-0.2, 0) is 22.4 Å². The van der Waals surface area contributed by atoms with E-state index in [1.807, 2.05) is 18.2 Å². The average molecular weight is 288 g/mol. The Labute approximate surface area is 123 Å². The molecule has 0 aliphatic heterocycles. The zero-order valence-electron chi connectivity index (χ0n) is 11.9. The number of amides is 2. The van der Waals surface area contributed by atoms with Gasteiger partial charge in [0.2, 0.25) is 0 Å². The van der Waals surface area contributed by atoms with Crippen molar-refractivity contribution in [2.45, 2.75) is 44.1 Å². The minimum absolute atomic E-state index is 0.142. The minimum atomic E-state index is -0.816. The lowest BCUT2D eigenvalue weighted by molar-refractivity contribution is -0.137. The Morgan fingerprint density at radius 2 is 1.86 bits per heavy atom. The van der Waals surface area contributed by atoms with Crippen molar-refractivity contribution >= 4 is 17.5 Å². The zero-order chi connectivity index (χ0) is 14.9. The number of nitrogens with one attached hydrogen (secondary N) is 2. The summed E-state index contributed by atoms with van der Waals surface area (Å²) in [4.78, 5) is 23.6. The number of hydrogen-bond acceptors (Lipinski definition) is 3. The number of anilines is 1. The van der Waals surface area contributed by atoms with Crippen LogP contribution in [0.3, 0.4) is 0 Å². The van der Waals surface area contributed by atoms with Crippen LogP contribution in [0.5, 0.6) is 0 Å². The molecule has 1 aromatic rings. The number of benzene rings is 1. The molecule has 0 atom stereocenters. The maximum Gasteiger partial charge on any atom is 0.313 e. The molecule has 21 heavy (non-hydrogen) atoms. The lowest BCUT2D eigenvalue weighted by Crippen LogP contribution is -2.49. The molecule has 0 radical (unpaired) electrons. The molecule has 1 saturated carbocycles. The number of rotatable bonds is 3. The fourth-order valence-electron chi connectivity index (χ4n) is 2.92. The summed E-state index contributed by atoms with van der Waals surface area (Å²) in [5.74, 6) is -1.38. The Balaban J connectivity index is 1.54. The van der Waals surface area contributed by atoms with Gasteiger partial charge in [0.1, 0.15) is 0 Å². The molecule has 0 spiro atoms. The van der Waals surface area contributed by atoms with Crippen LogP contribution in [0.4, 0.5) is 5.69 Å². The molecule has 5 nitrogen and oxygen atoms in total. The van der Waals surface area contributed by atoms with Gasteiger partial charge in [0.15, 0.2) is 0 Å².